The van der Waals surface area contributed by atoms with Gasteiger partial charge in [0.2, 0.25) is 0 Å². The zero-order chi connectivity index (χ0) is 24.9. The summed E-state index contributed by atoms with van der Waals surface area (Å²) in [5.41, 5.74) is 3.55. The molecule has 1 aliphatic heterocycles. The highest BCUT2D eigenvalue weighted by molar-refractivity contribution is 6.00. The predicted molar refractivity (Wildman–Crippen MR) is 129 cm³/mol. The van der Waals surface area contributed by atoms with Crippen molar-refractivity contribution in [3.63, 3.8) is 0 Å². The van der Waals surface area contributed by atoms with E-state index in [2.05, 4.69) is 10.6 Å². The van der Waals surface area contributed by atoms with E-state index in [1.54, 1.807) is 23.1 Å². The minimum absolute atomic E-state index is 0.116. The number of nitrogens with zero attached hydrogens (tertiary/aromatic N) is 1. The molecule has 1 fully saturated rings. The molecule has 1 heterocycles. The molecule has 1 aliphatic carbocycles. The van der Waals surface area contributed by atoms with Crippen molar-refractivity contribution in [3.8, 4) is 0 Å². The summed E-state index contributed by atoms with van der Waals surface area (Å²) < 4.78 is 19.6. The number of fused-ring (bicyclic) bond motifs is 1. The Morgan fingerprint density at radius 1 is 1.06 bits per heavy atom. The monoisotopic (exact) mass is 483 g/mol. The van der Waals surface area contributed by atoms with Crippen LogP contribution in [0.3, 0.4) is 0 Å². The van der Waals surface area contributed by atoms with Crippen molar-refractivity contribution in [3.05, 3.63) is 58.9 Å². The summed E-state index contributed by atoms with van der Waals surface area (Å²) >= 11 is 0. The number of aliphatic carboxylic acids is 1. The van der Waals surface area contributed by atoms with E-state index in [1.807, 2.05) is 19.1 Å². The summed E-state index contributed by atoms with van der Waals surface area (Å²) in [6, 6.07) is 9.47. The highest BCUT2D eigenvalue weighted by Gasteiger charge is 2.28. The number of carboxylic acid groups (broad SMARTS) is 1. The number of ether oxygens (including phenoxy) is 1. The van der Waals surface area contributed by atoms with E-state index in [0.29, 0.717) is 38.0 Å². The van der Waals surface area contributed by atoms with Gasteiger partial charge in [0.15, 0.2) is 0 Å². The number of benzene rings is 2. The number of rotatable bonds is 5. The maximum atomic E-state index is 13.9. The molecule has 3 N–H and O–H groups in total. The normalized spacial score (nSPS) is 19.4. The standard InChI is InChI=1S/C26H30FN3O5/c1-16-2-9-22(27)23(12-16)29-25(33)28-20-6-5-19-15-30(11-10-18(19)14-20)26(34)35-21-7-3-17(4-8-21)13-24(31)32/h2,5-6,9,12,14,17,21H,3-4,7-8,10-11,13,15H2,1H3,(H,31,32)(H2,28,29,33). The molecule has 0 aromatic heterocycles. The van der Waals surface area contributed by atoms with Gasteiger partial charge in [-0.2, -0.15) is 0 Å². The summed E-state index contributed by atoms with van der Waals surface area (Å²) in [6.07, 6.45) is 3.18. The minimum atomic E-state index is -0.781. The van der Waals surface area contributed by atoms with Crippen LogP contribution in [0.25, 0.3) is 0 Å². The Labute approximate surface area is 203 Å². The molecule has 0 saturated heterocycles. The second kappa shape index (κ2) is 10.8. The van der Waals surface area contributed by atoms with Gasteiger partial charge in [-0.1, -0.05) is 12.1 Å². The molecule has 0 unspecified atom stereocenters. The lowest BCUT2D eigenvalue weighted by Gasteiger charge is -2.32. The van der Waals surface area contributed by atoms with Crippen LogP contribution in [0.4, 0.5) is 25.4 Å². The molecule has 0 atom stereocenters. The van der Waals surface area contributed by atoms with E-state index < -0.39 is 17.8 Å². The highest BCUT2D eigenvalue weighted by atomic mass is 19.1. The van der Waals surface area contributed by atoms with Crippen molar-refractivity contribution >= 4 is 29.5 Å². The lowest BCUT2D eigenvalue weighted by Crippen LogP contribution is -2.39. The average Bonchev–Trinajstić information content (AvgIpc) is 2.82. The number of nitrogens with one attached hydrogen (secondary N) is 2. The van der Waals surface area contributed by atoms with Gasteiger partial charge >= 0.3 is 18.1 Å². The first kappa shape index (κ1) is 24.5. The van der Waals surface area contributed by atoms with Crippen molar-refractivity contribution in [1.82, 2.24) is 4.90 Å². The Bertz CT molecular complexity index is 1110. The van der Waals surface area contributed by atoms with Crippen LogP contribution >= 0.6 is 0 Å². The number of halogens is 1. The molecular weight excluding hydrogens is 453 g/mol. The highest BCUT2D eigenvalue weighted by Crippen LogP contribution is 2.30. The first-order chi connectivity index (χ1) is 16.8. The van der Waals surface area contributed by atoms with Crippen molar-refractivity contribution in [2.75, 3.05) is 17.2 Å². The van der Waals surface area contributed by atoms with Gasteiger partial charge in [-0.3, -0.25) is 4.79 Å². The fourth-order valence-corrected chi connectivity index (χ4v) is 4.72. The molecule has 0 radical (unpaired) electrons. The maximum absolute atomic E-state index is 13.9. The quantitative estimate of drug-likeness (QED) is 0.534. The molecule has 35 heavy (non-hydrogen) atoms. The number of carbonyl (C=O) groups is 3. The van der Waals surface area contributed by atoms with Crippen LogP contribution < -0.4 is 10.6 Å². The molecule has 2 aromatic carbocycles. The fraction of sp³-hybridized carbons (Fsp3) is 0.423. The Balaban J connectivity index is 1.28. The smallest absolute Gasteiger partial charge is 0.410 e. The van der Waals surface area contributed by atoms with Gasteiger partial charge in [-0.25, -0.2) is 14.0 Å². The first-order valence-electron chi connectivity index (χ1n) is 11.9. The van der Waals surface area contributed by atoms with Gasteiger partial charge in [0.05, 0.1) is 5.69 Å². The Hall–Kier alpha value is -3.62. The van der Waals surface area contributed by atoms with Crippen LogP contribution in [0.15, 0.2) is 36.4 Å². The van der Waals surface area contributed by atoms with Crippen LogP contribution in [0, 0.1) is 18.7 Å². The lowest BCUT2D eigenvalue weighted by atomic mass is 9.85. The van der Waals surface area contributed by atoms with E-state index in [0.717, 1.165) is 29.5 Å². The molecule has 3 amide bonds. The topological polar surface area (TPSA) is 108 Å². The molecule has 2 aliphatic rings. The molecule has 2 aromatic rings. The van der Waals surface area contributed by atoms with E-state index >= 15 is 0 Å². The molecule has 0 bridgehead atoms. The van der Waals surface area contributed by atoms with Gasteiger partial charge in [0, 0.05) is 25.2 Å². The number of amides is 3. The minimum Gasteiger partial charge on any atom is -0.481 e. The van der Waals surface area contributed by atoms with Gasteiger partial charge in [0.1, 0.15) is 11.9 Å². The molecule has 0 spiro atoms. The number of aryl methyl sites for hydroxylation is 1. The van der Waals surface area contributed by atoms with Crippen molar-refractivity contribution in [2.24, 2.45) is 5.92 Å². The number of hydrogen-bond donors (Lipinski definition) is 3. The third kappa shape index (κ3) is 6.49. The van der Waals surface area contributed by atoms with E-state index in [9.17, 15) is 18.8 Å². The number of urea groups is 1. The van der Waals surface area contributed by atoms with Crippen molar-refractivity contribution < 1.29 is 28.6 Å². The predicted octanol–water partition coefficient (Wildman–Crippen LogP) is 5.31. The number of carboxylic acids is 1. The van der Waals surface area contributed by atoms with Crippen molar-refractivity contribution in [2.45, 2.75) is 58.1 Å². The van der Waals surface area contributed by atoms with E-state index in [1.165, 1.54) is 6.07 Å². The molecule has 1 saturated carbocycles. The van der Waals surface area contributed by atoms with Gasteiger partial charge in [-0.05, 0) is 85.9 Å². The van der Waals surface area contributed by atoms with Crippen LogP contribution in [-0.2, 0) is 22.5 Å². The second-order valence-corrected chi connectivity index (χ2v) is 9.34. The molecule has 4 rings (SSSR count). The Morgan fingerprint density at radius 2 is 1.83 bits per heavy atom. The van der Waals surface area contributed by atoms with Gasteiger partial charge in [0.25, 0.3) is 0 Å². The van der Waals surface area contributed by atoms with Crippen molar-refractivity contribution in [1.29, 1.82) is 0 Å². The average molecular weight is 484 g/mol. The zero-order valence-corrected chi connectivity index (χ0v) is 19.7. The zero-order valence-electron chi connectivity index (χ0n) is 19.7. The Morgan fingerprint density at radius 3 is 2.57 bits per heavy atom. The summed E-state index contributed by atoms with van der Waals surface area (Å²) in [5, 5.41) is 14.2. The van der Waals surface area contributed by atoms with Gasteiger partial charge in [-0.15, -0.1) is 0 Å². The number of carbonyl (C=O) groups excluding carboxylic acids is 2. The van der Waals surface area contributed by atoms with Crippen LogP contribution in [0.5, 0.6) is 0 Å². The SMILES string of the molecule is Cc1ccc(F)c(NC(=O)Nc2ccc3c(c2)CCN(C(=O)OC2CCC(CC(=O)O)CC2)C3)c1. The van der Waals surface area contributed by atoms with E-state index in [-0.39, 0.29) is 30.2 Å². The third-order valence-electron chi connectivity index (χ3n) is 6.63. The third-order valence-corrected chi connectivity index (χ3v) is 6.63. The largest absolute Gasteiger partial charge is 0.481 e. The molecule has 186 valence electrons. The maximum Gasteiger partial charge on any atom is 0.410 e. The summed E-state index contributed by atoms with van der Waals surface area (Å²) in [5.74, 6) is -1.13. The second-order valence-electron chi connectivity index (χ2n) is 9.34. The fourth-order valence-electron chi connectivity index (χ4n) is 4.72. The lowest BCUT2D eigenvalue weighted by molar-refractivity contribution is -0.138. The summed E-state index contributed by atoms with van der Waals surface area (Å²) in [6.45, 7) is 2.74. The summed E-state index contributed by atoms with van der Waals surface area (Å²) in [7, 11) is 0. The molecular formula is C26H30FN3O5. The first-order valence-corrected chi connectivity index (χ1v) is 11.9. The summed E-state index contributed by atoms with van der Waals surface area (Å²) in [4.78, 5) is 37.6. The van der Waals surface area contributed by atoms with Crippen LogP contribution in [0.2, 0.25) is 0 Å². The molecule has 8 nitrogen and oxygen atoms in total. The van der Waals surface area contributed by atoms with Gasteiger partial charge < -0.3 is 25.4 Å². The number of hydrogen-bond acceptors (Lipinski definition) is 4. The van der Waals surface area contributed by atoms with E-state index in [4.69, 9.17) is 9.84 Å². The molecule has 9 heteroatoms. The van der Waals surface area contributed by atoms with Crippen LogP contribution in [-0.4, -0.2) is 40.7 Å². The Kier molecular flexibility index (Phi) is 7.53. The van der Waals surface area contributed by atoms with Crippen LogP contribution in [0.1, 0.15) is 48.8 Å². The number of anilines is 2.